The smallest absolute Gasteiger partial charge is 0.0638 e. The minimum absolute atomic E-state index is 0.807. The molecule has 0 saturated carbocycles. The highest BCUT2D eigenvalue weighted by atomic mass is 15.1. The lowest BCUT2D eigenvalue weighted by Crippen LogP contribution is -2.37. The van der Waals surface area contributed by atoms with Gasteiger partial charge < -0.3 is 10.2 Å². The Morgan fingerprint density at radius 1 is 1.47 bits per heavy atom. The van der Waals surface area contributed by atoms with Crippen LogP contribution in [0.2, 0.25) is 0 Å². The number of aromatic amines is 1. The number of hydrogen-bond donors (Lipinski definition) is 2. The molecule has 0 radical (unpaired) electrons. The largest absolute Gasteiger partial charge is 0.312 e. The summed E-state index contributed by atoms with van der Waals surface area (Å²) in [6.45, 7) is 8.70. The van der Waals surface area contributed by atoms with Crippen molar-refractivity contribution in [3.8, 4) is 0 Å². The summed E-state index contributed by atoms with van der Waals surface area (Å²) in [6, 6.07) is 0. The molecule has 1 unspecified atom stereocenters. The van der Waals surface area contributed by atoms with Crippen molar-refractivity contribution < 1.29 is 0 Å². The predicted octanol–water partition coefficient (Wildman–Crippen LogP) is 1.46. The number of piperidine rings is 1. The second-order valence-corrected chi connectivity index (χ2v) is 5.31. The lowest BCUT2D eigenvalue weighted by molar-refractivity contribution is 0.206. The summed E-state index contributed by atoms with van der Waals surface area (Å²) in [6.07, 6.45) is 2.70. The zero-order chi connectivity index (χ0) is 12.3. The molecule has 1 aliphatic heterocycles. The zero-order valence-electron chi connectivity index (χ0n) is 11.2. The van der Waals surface area contributed by atoms with Gasteiger partial charge in [-0.3, -0.25) is 5.10 Å². The molecule has 17 heavy (non-hydrogen) atoms. The van der Waals surface area contributed by atoms with Gasteiger partial charge in [0.25, 0.3) is 0 Å². The standard InChI is InChI=1S/C13H24N4/c1-10-13(11(2)16-15-10)8-14-7-12-5-4-6-17(3)9-12/h12,14H,4-9H2,1-3H3,(H,15,16). The van der Waals surface area contributed by atoms with E-state index >= 15 is 0 Å². The van der Waals surface area contributed by atoms with Crippen molar-refractivity contribution in [3.05, 3.63) is 17.0 Å². The lowest BCUT2D eigenvalue weighted by Gasteiger charge is -2.29. The molecule has 1 aromatic heterocycles. The summed E-state index contributed by atoms with van der Waals surface area (Å²) in [7, 11) is 2.22. The van der Waals surface area contributed by atoms with E-state index in [1.54, 1.807) is 0 Å². The molecule has 2 heterocycles. The average Bonchev–Trinajstić information content (AvgIpc) is 2.61. The Balaban J connectivity index is 1.76. The van der Waals surface area contributed by atoms with Crippen LogP contribution in [-0.4, -0.2) is 41.8 Å². The van der Waals surface area contributed by atoms with Gasteiger partial charge >= 0.3 is 0 Å². The van der Waals surface area contributed by atoms with Crippen LogP contribution in [0.3, 0.4) is 0 Å². The van der Waals surface area contributed by atoms with Crippen LogP contribution in [0.5, 0.6) is 0 Å². The molecule has 1 aromatic rings. The number of nitrogens with one attached hydrogen (secondary N) is 2. The molecule has 2 N–H and O–H groups in total. The van der Waals surface area contributed by atoms with Crippen molar-refractivity contribution >= 4 is 0 Å². The summed E-state index contributed by atoms with van der Waals surface area (Å²) in [5, 5.41) is 10.8. The van der Waals surface area contributed by atoms with Crippen molar-refractivity contribution in [1.82, 2.24) is 20.4 Å². The molecule has 0 bridgehead atoms. The highest BCUT2D eigenvalue weighted by Gasteiger charge is 2.16. The Bertz CT molecular complexity index is 339. The number of nitrogens with zero attached hydrogens (tertiary/aromatic N) is 2. The topological polar surface area (TPSA) is 44.0 Å². The van der Waals surface area contributed by atoms with Gasteiger partial charge in [-0.1, -0.05) is 0 Å². The number of H-pyrrole nitrogens is 1. The van der Waals surface area contributed by atoms with Crippen LogP contribution in [-0.2, 0) is 6.54 Å². The summed E-state index contributed by atoms with van der Waals surface area (Å²) in [5.41, 5.74) is 3.64. The van der Waals surface area contributed by atoms with Gasteiger partial charge in [-0.25, -0.2) is 0 Å². The molecule has 0 aliphatic carbocycles. The Hall–Kier alpha value is -0.870. The van der Waals surface area contributed by atoms with E-state index in [2.05, 4.69) is 41.3 Å². The van der Waals surface area contributed by atoms with E-state index in [-0.39, 0.29) is 0 Å². The summed E-state index contributed by atoms with van der Waals surface area (Å²) in [5.74, 6) is 0.807. The van der Waals surface area contributed by atoms with Crippen LogP contribution in [0, 0.1) is 19.8 Å². The third-order valence-electron chi connectivity index (χ3n) is 3.74. The maximum absolute atomic E-state index is 4.22. The maximum atomic E-state index is 4.22. The van der Waals surface area contributed by atoms with Crippen LogP contribution in [0.1, 0.15) is 29.8 Å². The summed E-state index contributed by atoms with van der Waals surface area (Å²) >= 11 is 0. The molecule has 4 nitrogen and oxygen atoms in total. The van der Waals surface area contributed by atoms with Gasteiger partial charge in [-0.2, -0.15) is 5.10 Å². The first-order valence-corrected chi connectivity index (χ1v) is 6.56. The summed E-state index contributed by atoms with van der Waals surface area (Å²) < 4.78 is 0. The van der Waals surface area contributed by atoms with Crippen LogP contribution < -0.4 is 5.32 Å². The fourth-order valence-electron chi connectivity index (χ4n) is 2.68. The molecule has 2 rings (SSSR count). The number of aryl methyl sites for hydroxylation is 2. The second-order valence-electron chi connectivity index (χ2n) is 5.31. The first-order valence-electron chi connectivity index (χ1n) is 6.56. The van der Waals surface area contributed by atoms with Crippen LogP contribution in [0.25, 0.3) is 0 Å². The first kappa shape index (κ1) is 12.6. The molecule has 96 valence electrons. The van der Waals surface area contributed by atoms with Gasteiger partial charge in [0.2, 0.25) is 0 Å². The van der Waals surface area contributed by atoms with E-state index in [0.717, 1.165) is 24.7 Å². The Kier molecular flexibility index (Phi) is 4.18. The van der Waals surface area contributed by atoms with Crippen molar-refractivity contribution in [2.45, 2.75) is 33.2 Å². The van der Waals surface area contributed by atoms with Crippen molar-refractivity contribution in [2.75, 3.05) is 26.7 Å². The van der Waals surface area contributed by atoms with Gasteiger partial charge in [0, 0.05) is 24.3 Å². The molecule has 0 aromatic carbocycles. The van der Waals surface area contributed by atoms with Gasteiger partial charge in [-0.15, -0.1) is 0 Å². The summed E-state index contributed by atoms with van der Waals surface area (Å²) in [4.78, 5) is 2.43. The SMILES string of the molecule is Cc1n[nH]c(C)c1CNCC1CCCN(C)C1. The first-order chi connectivity index (χ1) is 8.16. The Morgan fingerprint density at radius 2 is 2.29 bits per heavy atom. The quantitative estimate of drug-likeness (QED) is 0.832. The van der Waals surface area contributed by atoms with Crippen molar-refractivity contribution in [3.63, 3.8) is 0 Å². The fourth-order valence-corrected chi connectivity index (χ4v) is 2.68. The highest BCUT2D eigenvalue weighted by Crippen LogP contribution is 2.14. The second kappa shape index (κ2) is 5.65. The van der Waals surface area contributed by atoms with Crippen molar-refractivity contribution in [1.29, 1.82) is 0 Å². The molecule has 1 atom stereocenters. The maximum Gasteiger partial charge on any atom is 0.0638 e. The molecular formula is C13H24N4. The Morgan fingerprint density at radius 3 is 2.94 bits per heavy atom. The minimum atomic E-state index is 0.807. The van der Waals surface area contributed by atoms with E-state index in [1.807, 2.05) is 0 Å². The van der Waals surface area contributed by atoms with E-state index in [9.17, 15) is 0 Å². The normalized spacial score (nSPS) is 21.9. The van der Waals surface area contributed by atoms with E-state index in [1.165, 1.54) is 37.2 Å². The number of aromatic nitrogens is 2. The molecule has 1 fully saturated rings. The van der Waals surface area contributed by atoms with E-state index < -0.39 is 0 Å². The van der Waals surface area contributed by atoms with Gasteiger partial charge in [0.15, 0.2) is 0 Å². The number of rotatable bonds is 4. The molecular weight excluding hydrogens is 212 g/mol. The minimum Gasteiger partial charge on any atom is -0.312 e. The van der Waals surface area contributed by atoms with Gasteiger partial charge in [-0.05, 0) is 52.7 Å². The van der Waals surface area contributed by atoms with E-state index in [4.69, 9.17) is 0 Å². The highest BCUT2D eigenvalue weighted by molar-refractivity contribution is 5.22. The van der Waals surface area contributed by atoms with Gasteiger partial charge in [0.05, 0.1) is 5.69 Å². The molecule has 4 heteroatoms. The van der Waals surface area contributed by atoms with E-state index in [0.29, 0.717) is 0 Å². The number of hydrogen-bond acceptors (Lipinski definition) is 3. The monoisotopic (exact) mass is 236 g/mol. The third kappa shape index (κ3) is 3.30. The third-order valence-corrected chi connectivity index (χ3v) is 3.74. The van der Waals surface area contributed by atoms with Gasteiger partial charge in [0.1, 0.15) is 0 Å². The van der Waals surface area contributed by atoms with Crippen LogP contribution in [0.4, 0.5) is 0 Å². The number of likely N-dealkylation sites (tertiary alicyclic amines) is 1. The van der Waals surface area contributed by atoms with Crippen LogP contribution in [0.15, 0.2) is 0 Å². The Labute approximate surface area is 104 Å². The van der Waals surface area contributed by atoms with Crippen molar-refractivity contribution in [2.24, 2.45) is 5.92 Å². The van der Waals surface area contributed by atoms with Crippen LogP contribution >= 0.6 is 0 Å². The molecule has 0 amide bonds. The molecule has 1 saturated heterocycles. The molecule has 1 aliphatic rings. The lowest BCUT2D eigenvalue weighted by atomic mass is 9.98. The zero-order valence-corrected chi connectivity index (χ0v) is 11.2. The average molecular weight is 236 g/mol. The fraction of sp³-hybridized carbons (Fsp3) is 0.769. The predicted molar refractivity (Wildman–Crippen MR) is 70.0 cm³/mol. The molecule has 0 spiro atoms.